The highest BCUT2D eigenvalue weighted by Gasteiger charge is 2.33. The maximum absolute atomic E-state index is 11.8. The van der Waals surface area contributed by atoms with Crippen LogP contribution in [0.15, 0.2) is 23.0 Å². The molecule has 1 fully saturated rings. The fraction of sp³-hybridized carbons (Fsp3) is 0.500. The minimum Gasteiger partial charge on any atom is -0.481 e. The fourth-order valence-electron chi connectivity index (χ4n) is 2.49. The Bertz CT molecular complexity index is 511. The van der Waals surface area contributed by atoms with Crippen LogP contribution in [0.3, 0.4) is 0 Å². The first-order chi connectivity index (χ1) is 10.1. The molecule has 114 valence electrons. The monoisotopic (exact) mass is 294 g/mol. The predicted octanol–water partition coefficient (Wildman–Crippen LogP) is 0.769. The molecule has 2 atom stereocenters. The summed E-state index contributed by atoms with van der Waals surface area (Å²) < 4.78 is 4.79. The van der Waals surface area contributed by atoms with Crippen molar-refractivity contribution in [3.8, 4) is 0 Å². The first kappa shape index (κ1) is 15.1. The predicted molar refractivity (Wildman–Crippen MR) is 72.6 cm³/mol. The summed E-state index contributed by atoms with van der Waals surface area (Å²) in [6, 6.07) is 1.23. The average molecular weight is 294 g/mol. The van der Waals surface area contributed by atoms with Crippen molar-refractivity contribution < 1.29 is 23.9 Å². The lowest BCUT2D eigenvalue weighted by Gasteiger charge is -2.17. The third-order valence-corrected chi connectivity index (χ3v) is 3.60. The third kappa shape index (κ3) is 4.08. The highest BCUT2D eigenvalue weighted by atomic mass is 16.4. The zero-order valence-corrected chi connectivity index (χ0v) is 11.5. The van der Waals surface area contributed by atoms with Crippen molar-refractivity contribution in [2.75, 3.05) is 6.54 Å². The van der Waals surface area contributed by atoms with Gasteiger partial charge in [-0.1, -0.05) is 6.42 Å². The molecule has 7 heteroatoms. The molecule has 21 heavy (non-hydrogen) atoms. The molecule has 1 aromatic heterocycles. The Morgan fingerprint density at radius 1 is 1.33 bits per heavy atom. The summed E-state index contributed by atoms with van der Waals surface area (Å²) in [5.41, 5.74) is 0.400. The largest absolute Gasteiger partial charge is 0.481 e. The minimum atomic E-state index is -0.869. The number of aliphatic carboxylic acids is 1. The third-order valence-electron chi connectivity index (χ3n) is 3.60. The van der Waals surface area contributed by atoms with E-state index in [1.54, 1.807) is 0 Å². The molecule has 7 nitrogen and oxygen atoms in total. The van der Waals surface area contributed by atoms with Gasteiger partial charge in [0.25, 0.3) is 5.91 Å². The van der Waals surface area contributed by atoms with Crippen LogP contribution in [0.4, 0.5) is 0 Å². The number of rotatable bonds is 6. The molecule has 0 saturated heterocycles. The van der Waals surface area contributed by atoms with Crippen LogP contribution in [0, 0.1) is 5.92 Å². The Balaban J connectivity index is 1.70. The first-order valence-corrected chi connectivity index (χ1v) is 6.90. The van der Waals surface area contributed by atoms with Crippen LogP contribution in [0.5, 0.6) is 0 Å². The lowest BCUT2D eigenvalue weighted by molar-refractivity contribution is -0.142. The summed E-state index contributed by atoms with van der Waals surface area (Å²) in [5, 5.41) is 14.4. The Morgan fingerprint density at radius 2 is 2.14 bits per heavy atom. The zero-order chi connectivity index (χ0) is 15.2. The standard InChI is InChI=1S/C14H18N2O5/c17-12(16-11-3-1-2-10(11)14(19)20)4-6-15-13(18)9-5-7-21-8-9/h5,7-8,10-11H,1-4,6H2,(H,15,18)(H,16,17)(H,19,20). The number of furan rings is 1. The van der Waals surface area contributed by atoms with Gasteiger partial charge in [-0.05, 0) is 18.9 Å². The highest BCUT2D eigenvalue weighted by molar-refractivity contribution is 5.94. The van der Waals surface area contributed by atoms with E-state index >= 15 is 0 Å². The van der Waals surface area contributed by atoms with E-state index in [1.165, 1.54) is 18.6 Å². The number of amides is 2. The van der Waals surface area contributed by atoms with E-state index in [0.29, 0.717) is 18.4 Å². The summed E-state index contributed by atoms with van der Waals surface area (Å²) in [6.07, 6.45) is 4.92. The van der Waals surface area contributed by atoms with E-state index in [4.69, 9.17) is 9.52 Å². The summed E-state index contributed by atoms with van der Waals surface area (Å²) >= 11 is 0. The zero-order valence-electron chi connectivity index (χ0n) is 11.5. The lowest BCUT2D eigenvalue weighted by Crippen LogP contribution is -2.41. The molecule has 1 saturated carbocycles. The summed E-state index contributed by atoms with van der Waals surface area (Å²) in [7, 11) is 0. The summed E-state index contributed by atoms with van der Waals surface area (Å²) in [6.45, 7) is 0.195. The number of carboxylic acid groups (broad SMARTS) is 1. The normalized spacial score (nSPS) is 21.0. The molecule has 2 rings (SSSR count). The SMILES string of the molecule is O=C(CCNC(=O)c1ccoc1)NC1CCCC1C(=O)O. The van der Waals surface area contributed by atoms with Gasteiger partial charge in [0.05, 0.1) is 17.7 Å². The quantitative estimate of drug-likeness (QED) is 0.718. The van der Waals surface area contributed by atoms with Crippen LogP contribution in [-0.4, -0.2) is 35.5 Å². The van der Waals surface area contributed by atoms with Crippen LogP contribution >= 0.6 is 0 Å². The average Bonchev–Trinajstić information content (AvgIpc) is 3.09. The van der Waals surface area contributed by atoms with E-state index < -0.39 is 11.9 Å². The maximum Gasteiger partial charge on any atom is 0.308 e. The van der Waals surface area contributed by atoms with Crippen molar-refractivity contribution in [1.29, 1.82) is 0 Å². The Hall–Kier alpha value is -2.31. The molecule has 1 heterocycles. The maximum atomic E-state index is 11.8. The van der Waals surface area contributed by atoms with Gasteiger partial charge in [-0.15, -0.1) is 0 Å². The Morgan fingerprint density at radius 3 is 2.81 bits per heavy atom. The van der Waals surface area contributed by atoms with Crippen LogP contribution in [0.25, 0.3) is 0 Å². The van der Waals surface area contributed by atoms with Gasteiger partial charge in [-0.2, -0.15) is 0 Å². The second-order valence-corrected chi connectivity index (χ2v) is 5.07. The molecule has 2 amide bonds. The first-order valence-electron chi connectivity index (χ1n) is 6.90. The van der Waals surface area contributed by atoms with Crippen molar-refractivity contribution in [3.05, 3.63) is 24.2 Å². The molecular formula is C14H18N2O5. The second-order valence-electron chi connectivity index (χ2n) is 5.07. The number of nitrogens with one attached hydrogen (secondary N) is 2. The smallest absolute Gasteiger partial charge is 0.308 e. The van der Waals surface area contributed by atoms with Gasteiger partial charge >= 0.3 is 5.97 Å². The van der Waals surface area contributed by atoms with E-state index in [0.717, 1.165) is 6.42 Å². The number of hydrogen-bond acceptors (Lipinski definition) is 4. The molecular weight excluding hydrogens is 276 g/mol. The molecule has 0 aliphatic heterocycles. The number of carboxylic acids is 1. The number of hydrogen-bond donors (Lipinski definition) is 3. The fourth-order valence-corrected chi connectivity index (χ4v) is 2.49. The molecule has 0 spiro atoms. The van der Waals surface area contributed by atoms with E-state index in [9.17, 15) is 14.4 Å². The molecule has 0 radical (unpaired) electrons. The van der Waals surface area contributed by atoms with Crippen LogP contribution < -0.4 is 10.6 Å². The van der Waals surface area contributed by atoms with Crippen molar-refractivity contribution in [2.45, 2.75) is 31.7 Å². The van der Waals surface area contributed by atoms with E-state index in [1.807, 2.05) is 0 Å². The van der Waals surface area contributed by atoms with E-state index in [-0.39, 0.29) is 30.8 Å². The topological polar surface area (TPSA) is 109 Å². The van der Waals surface area contributed by atoms with Gasteiger partial charge in [-0.25, -0.2) is 0 Å². The summed E-state index contributed by atoms with van der Waals surface area (Å²) in [5.74, 6) is -1.93. The number of carbonyl (C=O) groups excluding carboxylic acids is 2. The van der Waals surface area contributed by atoms with Gasteiger partial charge in [0.2, 0.25) is 5.91 Å². The molecule has 2 unspecified atom stereocenters. The molecule has 1 aromatic rings. The molecule has 1 aliphatic rings. The van der Waals surface area contributed by atoms with Gasteiger partial charge in [0.1, 0.15) is 6.26 Å². The molecule has 1 aliphatic carbocycles. The van der Waals surface area contributed by atoms with Gasteiger partial charge in [0.15, 0.2) is 0 Å². The van der Waals surface area contributed by atoms with Gasteiger partial charge < -0.3 is 20.2 Å². The molecule has 0 bridgehead atoms. The minimum absolute atomic E-state index is 0.117. The van der Waals surface area contributed by atoms with Crippen LogP contribution in [0.1, 0.15) is 36.0 Å². The van der Waals surface area contributed by atoms with Crippen LogP contribution in [0.2, 0.25) is 0 Å². The summed E-state index contributed by atoms with van der Waals surface area (Å²) in [4.78, 5) is 34.4. The van der Waals surface area contributed by atoms with Crippen molar-refractivity contribution in [1.82, 2.24) is 10.6 Å². The van der Waals surface area contributed by atoms with E-state index in [2.05, 4.69) is 10.6 Å². The number of carbonyl (C=O) groups is 3. The van der Waals surface area contributed by atoms with Crippen molar-refractivity contribution in [2.24, 2.45) is 5.92 Å². The van der Waals surface area contributed by atoms with Crippen LogP contribution in [-0.2, 0) is 9.59 Å². The molecule has 3 N–H and O–H groups in total. The van der Waals surface area contributed by atoms with Gasteiger partial charge in [0, 0.05) is 19.0 Å². The van der Waals surface area contributed by atoms with Crippen molar-refractivity contribution in [3.63, 3.8) is 0 Å². The lowest BCUT2D eigenvalue weighted by atomic mass is 10.0. The van der Waals surface area contributed by atoms with Gasteiger partial charge in [-0.3, -0.25) is 14.4 Å². The highest BCUT2D eigenvalue weighted by Crippen LogP contribution is 2.25. The Kier molecular flexibility index (Phi) is 4.97. The van der Waals surface area contributed by atoms with Crippen molar-refractivity contribution >= 4 is 17.8 Å². The Labute approximate surface area is 121 Å². The molecule has 0 aromatic carbocycles. The second kappa shape index (κ2) is 6.92.